The molecule has 0 saturated carbocycles. The Hall–Kier alpha value is -2.80. The highest BCUT2D eigenvalue weighted by atomic mass is 16.5. The molecule has 0 heterocycles. The molecule has 0 bridgehead atoms. The summed E-state index contributed by atoms with van der Waals surface area (Å²) >= 11 is 0. The molecule has 0 aromatic heterocycles. The lowest BCUT2D eigenvalue weighted by Gasteiger charge is -2.07. The van der Waals surface area contributed by atoms with E-state index in [1.807, 2.05) is 36.4 Å². The maximum atomic E-state index is 11.7. The van der Waals surface area contributed by atoms with Gasteiger partial charge in [0.25, 0.3) is 5.91 Å². The van der Waals surface area contributed by atoms with Gasteiger partial charge < -0.3 is 10.1 Å². The maximum Gasteiger partial charge on any atom is 0.252 e. The van der Waals surface area contributed by atoms with Gasteiger partial charge in [-0.2, -0.15) is 5.26 Å². The fourth-order valence-electron chi connectivity index (χ4n) is 1.55. The largest absolute Gasteiger partial charge is 0.457 e. The molecule has 1 N–H and O–H groups in total. The average molecular weight is 252 g/mol. The van der Waals surface area contributed by atoms with Gasteiger partial charge in [0.2, 0.25) is 0 Å². The Balaban J connectivity index is 2.11. The number of hydrogen-bond acceptors (Lipinski definition) is 3. The fraction of sp³-hybridized carbons (Fsp3) is 0.0667. The van der Waals surface area contributed by atoms with Gasteiger partial charge in [-0.25, -0.2) is 0 Å². The van der Waals surface area contributed by atoms with E-state index in [-0.39, 0.29) is 12.5 Å². The summed E-state index contributed by atoms with van der Waals surface area (Å²) in [4.78, 5) is 11.7. The zero-order chi connectivity index (χ0) is 13.5. The summed E-state index contributed by atoms with van der Waals surface area (Å²) in [6.45, 7) is -0.0113. The lowest BCUT2D eigenvalue weighted by molar-refractivity contribution is 0.0958. The van der Waals surface area contributed by atoms with Crippen LogP contribution < -0.4 is 10.1 Å². The van der Waals surface area contributed by atoms with Crippen molar-refractivity contribution in [2.45, 2.75) is 0 Å². The van der Waals surface area contributed by atoms with Crippen molar-refractivity contribution in [1.82, 2.24) is 5.32 Å². The number of nitrogens with zero attached hydrogens (tertiary/aromatic N) is 1. The number of hydrogen-bond donors (Lipinski definition) is 1. The third-order valence-electron chi connectivity index (χ3n) is 2.40. The van der Waals surface area contributed by atoms with E-state index in [1.54, 1.807) is 24.3 Å². The molecule has 0 atom stereocenters. The van der Waals surface area contributed by atoms with Gasteiger partial charge in [-0.05, 0) is 30.3 Å². The normalized spacial score (nSPS) is 9.42. The minimum atomic E-state index is -0.292. The van der Waals surface area contributed by atoms with Crippen LogP contribution in [0.2, 0.25) is 0 Å². The molecule has 4 nitrogen and oxygen atoms in total. The monoisotopic (exact) mass is 252 g/mol. The van der Waals surface area contributed by atoms with Crippen LogP contribution in [0.5, 0.6) is 11.5 Å². The topological polar surface area (TPSA) is 62.1 Å². The van der Waals surface area contributed by atoms with Crippen molar-refractivity contribution in [1.29, 1.82) is 5.26 Å². The van der Waals surface area contributed by atoms with Crippen molar-refractivity contribution < 1.29 is 9.53 Å². The third kappa shape index (κ3) is 3.58. The van der Waals surface area contributed by atoms with Gasteiger partial charge in [-0.15, -0.1) is 0 Å². The van der Waals surface area contributed by atoms with Gasteiger partial charge in [-0.3, -0.25) is 4.79 Å². The Bertz CT molecular complexity index is 603. The van der Waals surface area contributed by atoms with E-state index in [0.29, 0.717) is 17.1 Å². The number of carbonyl (C=O) groups is 1. The first kappa shape index (κ1) is 12.7. The van der Waals surface area contributed by atoms with Crippen molar-refractivity contribution in [3.8, 4) is 17.6 Å². The molecule has 19 heavy (non-hydrogen) atoms. The molecule has 0 spiro atoms. The minimum Gasteiger partial charge on any atom is -0.457 e. The number of ether oxygens (including phenoxy) is 1. The van der Waals surface area contributed by atoms with Gasteiger partial charge in [0.15, 0.2) is 0 Å². The first-order chi connectivity index (χ1) is 9.29. The van der Waals surface area contributed by atoms with Crippen LogP contribution in [0.25, 0.3) is 0 Å². The molecule has 0 aliphatic carbocycles. The number of rotatable bonds is 4. The van der Waals surface area contributed by atoms with Crippen LogP contribution in [-0.4, -0.2) is 12.5 Å². The van der Waals surface area contributed by atoms with E-state index in [1.165, 1.54) is 0 Å². The van der Waals surface area contributed by atoms with E-state index in [9.17, 15) is 4.79 Å². The molecular weight excluding hydrogens is 240 g/mol. The van der Waals surface area contributed by atoms with Crippen LogP contribution in [0, 0.1) is 11.3 Å². The van der Waals surface area contributed by atoms with Gasteiger partial charge in [0.05, 0.1) is 6.07 Å². The zero-order valence-electron chi connectivity index (χ0n) is 10.2. The second kappa shape index (κ2) is 6.22. The number of para-hydroxylation sites is 1. The van der Waals surface area contributed by atoms with Crippen molar-refractivity contribution in [2.75, 3.05) is 6.54 Å². The molecule has 2 aromatic carbocycles. The Kier molecular flexibility index (Phi) is 4.14. The number of benzene rings is 2. The predicted octanol–water partition coefficient (Wildman–Crippen LogP) is 2.73. The highest BCUT2D eigenvalue weighted by molar-refractivity contribution is 5.94. The summed E-state index contributed by atoms with van der Waals surface area (Å²) < 4.78 is 5.63. The summed E-state index contributed by atoms with van der Waals surface area (Å²) in [6, 6.07) is 18.0. The molecule has 1 amide bonds. The lowest BCUT2D eigenvalue weighted by atomic mass is 10.2. The molecule has 2 aromatic rings. The van der Waals surface area contributed by atoms with Crippen molar-refractivity contribution in [3.63, 3.8) is 0 Å². The SMILES string of the molecule is N#CCNC(=O)c1cccc(Oc2ccccc2)c1. The number of nitrogens with one attached hydrogen (secondary N) is 1. The van der Waals surface area contributed by atoms with Crippen LogP contribution >= 0.6 is 0 Å². The third-order valence-corrected chi connectivity index (χ3v) is 2.40. The Morgan fingerprint density at radius 2 is 1.84 bits per heavy atom. The van der Waals surface area contributed by atoms with E-state index in [4.69, 9.17) is 10.00 Å². The highest BCUT2D eigenvalue weighted by Crippen LogP contribution is 2.21. The van der Waals surface area contributed by atoms with Crippen molar-refractivity contribution in [2.24, 2.45) is 0 Å². The van der Waals surface area contributed by atoms with Crippen LogP contribution in [0.1, 0.15) is 10.4 Å². The van der Waals surface area contributed by atoms with E-state index in [0.717, 1.165) is 0 Å². The van der Waals surface area contributed by atoms with Gasteiger partial charge in [0.1, 0.15) is 18.0 Å². The minimum absolute atomic E-state index is 0.0113. The standard InChI is InChI=1S/C15H12N2O2/c16-9-10-17-15(18)12-5-4-8-14(11-12)19-13-6-2-1-3-7-13/h1-8,11H,10H2,(H,17,18). The van der Waals surface area contributed by atoms with Crippen LogP contribution in [-0.2, 0) is 0 Å². The van der Waals surface area contributed by atoms with Crippen molar-refractivity contribution >= 4 is 5.91 Å². The Labute approximate surface area is 111 Å². The average Bonchev–Trinajstić information content (AvgIpc) is 2.46. The van der Waals surface area contributed by atoms with Gasteiger partial charge in [0, 0.05) is 5.56 Å². The van der Waals surface area contributed by atoms with Gasteiger partial charge >= 0.3 is 0 Å². The van der Waals surface area contributed by atoms with Crippen LogP contribution in [0.15, 0.2) is 54.6 Å². The number of carbonyl (C=O) groups excluding carboxylic acids is 1. The van der Waals surface area contributed by atoms with E-state index < -0.39 is 0 Å². The molecule has 0 radical (unpaired) electrons. The summed E-state index contributed by atoms with van der Waals surface area (Å²) in [5, 5.41) is 10.9. The molecule has 94 valence electrons. The highest BCUT2D eigenvalue weighted by Gasteiger charge is 2.06. The number of nitriles is 1. The van der Waals surface area contributed by atoms with Crippen LogP contribution in [0.3, 0.4) is 0 Å². The summed E-state index contributed by atoms with van der Waals surface area (Å²) in [6.07, 6.45) is 0. The lowest BCUT2D eigenvalue weighted by Crippen LogP contribution is -2.23. The molecule has 0 fully saturated rings. The van der Waals surface area contributed by atoms with Crippen molar-refractivity contribution in [3.05, 3.63) is 60.2 Å². The Morgan fingerprint density at radius 3 is 2.58 bits per heavy atom. The molecule has 2 rings (SSSR count). The molecule has 4 heteroatoms. The number of amides is 1. The van der Waals surface area contributed by atoms with E-state index >= 15 is 0 Å². The summed E-state index contributed by atoms with van der Waals surface area (Å²) in [5.74, 6) is 0.993. The quantitative estimate of drug-likeness (QED) is 0.851. The summed E-state index contributed by atoms with van der Waals surface area (Å²) in [7, 11) is 0. The first-order valence-corrected chi connectivity index (χ1v) is 5.78. The fourth-order valence-corrected chi connectivity index (χ4v) is 1.55. The maximum absolute atomic E-state index is 11.7. The smallest absolute Gasteiger partial charge is 0.252 e. The zero-order valence-corrected chi connectivity index (χ0v) is 10.2. The molecule has 0 aliphatic heterocycles. The molecular formula is C15H12N2O2. The first-order valence-electron chi connectivity index (χ1n) is 5.78. The molecule has 0 aliphatic rings. The molecule has 0 unspecified atom stereocenters. The van der Waals surface area contributed by atoms with E-state index in [2.05, 4.69) is 5.32 Å². The van der Waals surface area contributed by atoms with Gasteiger partial charge in [-0.1, -0.05) is 24.3 Å². The second-order valence-electron chi connectivity index (χ2n) is 3.78. The second-order valence-corrected chi connectivity index (χ2v) is 3.78. The predicted molar refractivity (Wildman–Crippen MR) is 70.9 cm³/mol. The Morgan fingerprint density at radius 1 is 1.11 bits per heavy atom. The summed E-state index contributed by atoms with van der Waals surface area (Å²) in [5.41, 5.74) is 0.462. The van der Waals surface area contributed by atoms with Crippen LogP contribution in [0.4, 0.5) is 0 Å². The molecule has 0 saturated heterocycles.